The molecule has 156 valence electrons. The molecule has 2 aromatic carbocycles. The quantitative estimate of drug-likeness (QED) is 0.643. The molecule has 2 aromatic rings. The Kier molecular flexibility index (Phi) is 7.94. The van der Waals surface area contributed by atoms with Crippen LogP contribution in [0.3, 0.4) is 0 Å². The van der Waals surface area contributed by atoms with E-state index in [1.165, 1.54) is 6.42 Å². The summed E-state index contributed by atoms with van der Waals surface area (Å²) in [5.74, 6) is 1.78. The topological polar surface area (TPSA) is 50.8 Å². The van der Waals surface area contributed by atoms with E-state index in [0.29, 0.717) is 13.2 Å². The molecular weight excluding hydrogens is 364 g/mol. The van der Waals surface area contributed by atoms with E-state index in [1.54, 1.807) is 0 Å². The molecule has 0 bridgehead atoms. The number of carbonyl (C=O) groups excluding carboxylic acids is 1. The highest BCUT2D eigenvalue weighted by Crippen LogP contribution is 2.20. The van der Waals surface area contributed by atoms with Crippen molar-refractivity contribution < 1.29 is 14.3 Å². The van der Waals surface area contributed by atoms with Gasteiger partial charge >= 0.3 is 0 Å². The van der Waals surface area contributed by atoms with Crippen LogP contribution in [0.1, 0.15) is 49.0 Å². The first-order valence-electron chi connectivity index (χ1n) is 10.6. The zero-order chi connectivity index (χ0) is 20.5. The van der Waals surface area contributed by atoms with Crippen LogP contribution < -0.4 is 14.8 Å². The van der Waals surface area contributed by atoms with E-state index < -0.39 is 0 Å². The molecule has 0 unspecified atom stereocenters. The fourth-order valence-electron chi connectivity index (χ4n) is 3.48. The minimum absolute atomic E-state index is 0.143. The lowest BCUT2D eigenvalue weighted by atomic mass is 10.1. The SMILES string of the molecule is CC(C)Oc1cccc(OCCNCc2cccc(C(=O)N3CCCCC3)c2)c1. The van der Waals surface area contributed by atoms with Crippen molar-refractivity contribution in [1.82, 2.24) is 10.2 Å². The zero-order valence-corrected chi connectivity index (χ0v) is 17.5. The van der Waals surface area contributed by atoms with Gasteiger partial charge in [-0.2, -0.15) is 0 Å². The smallest absolute Gasteiger partial charge is 0.253 e. The standard InChI is InChI=1S/C24H32N2O3/c1-19(2)29-23-11-7-10-22(17-23)28-15-12-25-18-20-8-6-9-21(16-20)24(27)26-13-4-3-5-14-26/h6-11,16-17,19,25H,3-5,12-15,18H2,1-2H3. The predicted molar refractivity (Wildman–Crippen MR) is 116 cm³/mol. The van der Waals surface area contributed by atoms with Crippen LogP contribution >= 0.6 is 0 Å². The van der Waals surface area contributed by atoms with Crippen LogP contribution in [0.5, 0.6) is 11.5 Å². The zero-order valence-electron chi connectivity index (χ0n) is 17.5. The average Bonchev–Trinajstić information content (AvgIpc) is 2.74. The van der Waals surface area contributed by atoms with Crippen molar-refractivity contribution in [2.75, 3.05) is 26.2 Å². The third-order valence-corrected chi connectivity index (χ3v) is 4.87. The van der Waals surface area contributed by atoms with Gasteiger partial charge in [0.1, 0.15) is 18.1 Å². The van der Waals surface area contributed by atoms with Gasteiger partial charge in [-0.1, -0.05) is 18.2 Å². The fraction of sp³-hybridized carbons (Fsp3) is 0.458. The highest BCUT2D eigenvalue weighted by molar-refractivity contribution is 5.94. The van der Waals surface area contributed by atoms with Gasteiger partial charge in [0.05, 0.1) is 6.10 Å². The summed E-state index contributed by atoms with van der Waals surface area (Å²) in [7, 11) is 0. The van der Waals surface area contributed by atoms with E-state index in [9.17, 15) is 4.79 Å². The van der Waals surface area contributed by atoms with Crippen LogP contribution in [0.25, 0.3) is 0 Å². The maximum absolute atomic E-state index is 12.7. The highest BCUT2D eigenvalue weighted by Gasteiger charge is 2.18. The summed E-state index contributed by atoms with van der Waals surface area (Å²) in [4.78, 5) is 14.6. The van der Waals surface area contributed by atoms with E-state index in [0.717, 1.165) is 55.1 Å². The molecular formula is C24H32N2O3. The number of nitrogens with zero attached hydrogens (tertiary/aromatic N) is 1. The molecule has 1 saturated heterocycles. The first-order valence-corrected chi connectivity index (χ1v) is 10.6. The second-order valence-electron chi connectivity index (χ2n) is 7.72. The Morgan fingerprint density at radius 2 is 1.79 bits per heavy atom. The van der Waals surface area contributed by atoms with Crippen molar-refractivity contribution in [2.24, 2.45) is 0 Å². The fourth-order valence-corrected chi connectivity index (χ4v) is 3.48. The van der Waals surface area contributed by atoms with Gasteiger partial charge in [0.2, 0.25) is 0 Å². The molecule has 0 radical (unpaired) electrons. The number of piperidine rings is 1. The number of likely N-dealkylation sites (tertiary alicyclic amines) is 1. The van der Waals surface area contributed by atoms with Gasteiger partial charge in [-0.05, 0) is 62.9 Å². The first kappa shape index (κ1) is 21.2. The number of hydrogen-bond donors (Lipinski definition) is 1. The maximum Gasteiger partial charge on any atom is 0.253 e. The normalized spacial score (nSPS) is 14.1. The minimum Gasteiger partial charge on any atom is -0.492 e. The van der Waals surface area contributed by atoms with Crippen molar-refractivity contribution in [1.29, 1.82) is 0 Å². The number of nitrogens with one attached hydrogen (secondary N) is 1. The maximum atomic E-state index is 12.7. The van der Waals surface area contributed by atoms with Gasteiger partial charge in [-0.25, -0.2) is 0 Å². The van der Waals surface area contributed by atoms with Gasteiger partial charge in [-0.3, -0.25) is 4.79 Å². The Labute approximate surface area is 174 Å². The Bertz CT molecular complexity index is 785. The molecule has 0 aliphatic carbocycles. The van der Waals surface area contributed by atoms with Crippen LogP contribution in [-0.2, 0) is 6.54 Å². The monoisotopic (exact) mass is 396 g/mol. The predicted octanol–water partition coefficient (Wildman–Crippen LogP) is 4.27. The van der Waals surface area contributed by atoms with E-state index in [1.807, 2.05) is 67.3 Å². The lowest BCUT2D eigenvalue weighted by Gasteiger charge is -2.26. The molecule has 1 aliphatic rings. The van der Waals surface area contributed by atoms with Crippen molar-refractivity contribution >= 4 is 5.91 Å². The molecule has 5 nitrogen and oxygen atoms in total. The first-order chi connectivity index (χ1) is 14.1. The van der Waals surface area contributed by atoms with Crippen LogP contribution in [0.4, 0.5) is 0 Å². The summed E-state index contributed by atoms with van der Waals surface area (Å²) >= 11 is 0. The second-order valence-corrected chi connectivity index (χ2v) is 7.72. The van der Waals surface area contributed by atoms with Gasteiger partial charge in [0.25, 0.3) is 5.91 Å². The van der Waals surface area contributed by atoms with Crippen molar-refractivity contribution in [3.05, 3.63) is 59.7 Å². The Morgan fingerprint density at radius 3 is 2.59 bits per heavy atom. The number of hydrogen-bond acceptors (Lipinski definition) is 4. The third kappa shape index (κ3) is 6.79. The Balaban J connectivity index is 1.42. The summed E-state index contributed by atoms with van der Waals surface area (Å²) in [6.07, 6.45) is 3.59. The summed E-state index contributed by atoms with van der Waals surface area (Å²) in [5, 5.41) is 3.38. The Morgan fingerprint density at radius 1 is 1.03 bits per heavy atom. The van der Waals surface area contributed by atoms with Crippen LogP contribution in [-0.4, -0.2) is 43.2 Å². The van der Waals surface area contributed by atoms with Gasteiger partial charge in [-0.15, -0.1) is 0 Å². The van der Waals surface area contributed by atoms with Gasteiger partial charge in [0, 0.05) is 37.8 Å². The molecule has 3 rings (SSSR count). The summed E-state index contributed by atoms with van der Waals surface area (Å²) in [6.45, 7) is 7.77. The molecule has 1 N–H and O–H groups in total. The van der Waals surface area contributed by atoms with E-state index in [4.69, 9.17) is 9.47 Å². The Hall–Kier alpha value is -2.53. The van der Waals surface area contributed by atoms with Gasteiger partial charge in [0.15, 0.2) is 0 Å². The molecule has 1 amide bonds. The molecule has 1 aliphatic heterocycles. The lowest BCUT2D eigenvalue weighted by molar-refractivity contribution is 0.0724. The molecule has 1 heterocycles. The molecule has 0 saturated carbocycles. The molecule has 29 heavy (non-hydrogen) atoms. The molecule has 0 aromatic heterocycles. The van der Waals surface area contributed by atoms with Crippen LogP contribution in [0.2, 0.25) is 0 Å². The van der Waals surface area contributed by atoms with Gasteiger partial charge < -0.3 is 19.7 Å². The number of amides is 1. The molecule has 0 spiro atoms. The number of ether oxygens (including phenoxy) is 2. The molecule has 1 fully saturated rings. The van der Waals surface area contributed by atoms with E-state index in [2.05, 4.69) is 5.32 Å². The summed E-state index contributed by atoms with van der Waals surface area (Å²) < 4.78 is 11.5. The third-order valence-electron chi connectivity index (χ3n) is 4.87. The van der Waals surface area contributed by atoms with Crippen molar-refractivity contribution in [3.8, 4) is 11.5 Å². The van der Waals surface area contributed by atoms with Crippen LogP contribution in [0, 0.1) is 0 Å². The van der Waals surface area contributed by atoms with Crippen LogP contribution in [0.15, 0.2) is 48.5 Å². The highest BCUT2D eigenvalue weighted by atomic mass is 16.5. The van der Waals surface area contributed by atoms with Crippen molar-refractivity contribution in [2.45, 2.75) is 45.8 Å². The largest absolute Gasteiger partial charge is 0.492 e. The number of rotatable bonds is 9. The minimum atomic E-state index is 0.143. The lowest BCUT2D eigenvalue weighted by Crippen LogP contribution is -2.35. The van der Waals surface area contributed by atoms with E-state index >= 15 is 0 Å². The summed E-state index contributed by atoms with van der Waals surface area (Å²) in [6, 6.07) is 15.6. The number of benzene rings is 2. The van der Waals surface area contributed by atoms with E-state index in [-0.39, 0.29) is 12.0 Å². The molecule has 0 atom stereocenters. The second kappa shape index (κ2) is 10.9. The summed E-state index contributed by atoms with van der Waals surface area (Å²) in [5.41, 5.74) is 1.89. The average molecular weight is 397 g/mol. The molecule has 5 heteroatoms. The van der Waals surface area contributed by atoms with Crippen molar-refractivity contribution in [3.63, 3.8) is 0 Å². The number of carbonyl (C=O) groups is 1.